The molecule has 0 spiro atoms. The molecule has 2 fully saturated rings. The summed E-state index contributed by atoms with van der Waals surface area (Å²) >= 11 is 3.13. The standard InChI is InChI=1S/C19H23N3OS2/c1-12-2-4-13(5-3-12)11-24-19-22-21-18(25-19)20-17(23)10-16-9-14-6-7-15(16)8-14/h2-5,14-16H,6-11H2,1H3,(H,20,21,23)/t14-,15+,16-/m0/s1. The molecule has 2 bridgehead atoms. The van der Waals surface area contributed by atoms with Crippen LogP contribution in [-0.2, 0) is 10.5 Å². The average molecular weight is 374 g/mol. The third-order valence-corrected chi connectivity index (χ3v) is 7.51. The van der Waals surface area contributed by atoms with E-state index >= 15 is 0 Å². The second kappa shape index (κ2) is 7.46. The molecule has 0 radical (unpaired) electrons. The first-order valence-electron chi connectivity index (χ1n) is 8.97. The number of anilines is 1. The fourth-order valence-corrected chi connectivity index (χ4v) is 5.91. The fourth-order valence-electron chi connectivity index (χ4n) is 4.18. The molecule has 1 heterocycles. The molecule has 132 valence electrons. The normalized spacial score (nSPS) is 24.6. The Balaban J connectivity index is 1.26. The van der Waals surface area contributed by atoms with Gasteiger partial charge in [0.25, 0.3) is 0 Å². The van der Waals surface area contributed by atoms with Crippen molar-refractivity contribution in [3.8, 4) is 0 Å². The van der Waals surface area contributed by atoms with Gasteiger partial charge < -0.3 is 5.32 Å². The Hall–Kier alpha value is -1.40. The van der Waals surface area contributed by atoms with Gasteiger partial charge >= 0.3 is 0 Å². The summed E-state index contributed by atoms with van der Waals surface area (Å²) in [5.74, 6) is 3.22. The number of hydrogen-bond donors (Lipinski definition) is 1. The third-order valence-electron chi connectivity index (χ3n) is 5.47. The zero-order valence-corrected chi connectivity index (χ0v) is 16.0. The van der Waals surface area contributed by atoms with Gasteiger partial charge in [-0.1, -0.05) is 59.3 Å². The van der Waals surface area contributed by atoms with E-state index in [-0.39, 0.29) is 5.91 Å². The fraction of sp³-hybridized carbons (Fsp3) is 0.526. The van der Waals surface area contributed by atoms with Gasteiger partial charge in [-0.2, -0.15) is 0 Å². The van der Waals surface area contributed by atoms with Crippen LogP contribution < -0.4 is 5.32 Å². The van der Waals surface area contributed by atoms with Gasteiger partial charge in [0.1, 0.15) is 0 Å². The third kappa shape index (κ3) is 4.23. The number of benzene rings is 1. The van der Waals surface area contributed by atoms with Crippen molar-refractivity contribution in [1.82, 2.24) is 10.2 Å². The maximum Gasteiger partial charge on any atom is 0.226 e. The Morgan fingerprint density at radius 2 is 2.08 bits per heavy atom. The molecule has 1 aromatic heterocycles. The quantitative estimate of drug-likeness (QED) is 0.578. The van der Waals surface area contributed by atoms with Gasteiger partial charge in [-0.05, 0) is 49.5 Å². The molecule has 0 unspecified atom stereocenters. The number of carbonyl (C=O) groups is 1. The number of hydrogen-bond acceptors (Lipinski definition) is 5. The van der Waals surface area contributed by atoms with Crippen LogP contribution in [0.2, 0.25) is 0 Å². The van der Waals surface area contributed by atoms with Crippen molar-refractivity contribution in [1.29, 1.82) is 0 Å². The Morgan fingerprint density at radius 1 is 1.24 bits per heavy atom. The van der Waals surface area contributed by atoms with Crippen LogP contribution in [0.15, 0.2) is 28.6 Å². The Bertz CT molecular complexity index is 743. The van der Waals surface area contributed by atoms with E-state index in [0.29, 0.717) is 17.5 Å². The molecule has 2 aromatic rings. The minimum atomic E-state index is 0.101. The Labute approximate surface area is 156 Å². The van der Waals surface area contributed by atoms with Crippen molar-refractivity contribution in [3.63, 3.8) is 0 Å². The molecule has 25 heavy (non-hydrogen) atoms. The summed E-state index contributed by atoms with van der Waals surface area (Å²) in [7, 11) is 0. The summed E-state index contributed by atoms with van der Waals surface area (Å²) in [5, 5.41) is 11.9. The molecule has 0 saturated heterocycles. The highest BCUT2D eigenvalue weighted by Gasteiger charge is 2.40. The first-order valence-corrected chi connectivity index (χ1v) is 10.8. The zero-order valence-electron chi connectivity index (χ0n) is 14.4. The molecular formula is C19H23N3OS2. The van der Waals surface area contributed by atoms with E-state index in [1.165, 1.54) is 48.1 Å². The first kappa shape index (κ1) is 17.0. The average Bonchev–Trinajstić information content (AvgIpc) is 3.31. The smallest absolute Gasteiger partial charge is 0.226 e. The monoisotopic (exact) mass is 373 g/mol. The number of aryl methyl sites for hydroxylation is 1. The van der Waals surface area contributed by atoms with Crippen molar-refractivity contribution in [3.05, 3.63) is 35.4 Å². The first-order chi connectivity index (χ1) is 12.2. The Morgan fingerprint density at radius 3 is 2.80 bits per heavy atom. The van der Waals surface area contributed by atoms with Crippen LogP contribution in [0.3, 0.4) is 0 Å². The molecule has 1 aromatic carbocycles. The van der Waals surface area contributed by atoms with Crippen molar-refractivity contribution >= 4 is 34.1 Å². The lowest BCUT2D eigenvalue weighted by Gasteiger charge is -2.20. The van der Waals surface area contributed by atoms with Crippen LogP contribution in [0.25, 0.3) is 0 Å². The summed E-state index contributed by atoms with van der Waals surface area (Å²) in [4.78, 5) is 12.3. The van der Waals surface area contributed by atoms with Crippen LogP contribution in [0.4, 0.5) is 5.13 Å². The lowest BCUT2D eigenvalue weighted by atomic mass is 9.86. The highest BCUT2D eigenvalue weighted by Crippen LogP contribution is 2.49. The van der Waals surface area contributed by atoms with Crippen molar-refractivity contribution in [2.75, 3.05) is 5.32 Å². The number of carbonyl (C=O) groups excluding carboxylic acids is 1. The summed E-state index contributed by atoms with van der Waals surface area (Å²) < 4.78 is 0.899. The summed E-state index contributed by atoms with van der Waals surface area (Å²) in [6, 6.07) is 8.53. The van der Waals surface area contributed by atoms with Gasteiger partial charge in [-0.25, -0.2) is 0 Å². The number of aromatic nitrogens is 2. The van der Waals surface area contributed by atoms with Crippen LogP contribution in [0, 0.1) is 24.7 Å². The maximum atomic E-state index is 12.3. The van der Waals surface area contributed by atoms with E-state index in [1.54, 1.807) is 11.8 Å². The van der Waals surface area contributed by atoms with Gasteiger partial charge in [0.15, 0.2) is 4.34 Å². The zero-order chi connectivity index (χ0) is 17.2. The van der Waals surface area contributed by atoms with Crippen molar-refractivity contribution in [2.45, 2.75) is 49.1 Å². The van der Waals surface area contributed by atoms with Gasteiger partial charge in [-0.3, -0.25) is 4.79 Å². The molecule has 6 heteroatoms. The van der Waals surface area contributed by atoms with Crippen LogP contribution in [0.1, 0.15) is 43.2 Å². The van der Waals surface area contributed by atoms with E-state index in [2.05, 4.69) is 46.7 Å². The number of nitrogens with zero attached hydrogens (tertiary/aromatic N) is 2. The molecule has 3 atom stereocenters. The molecule has 4 rings (SSSR count). The van der Waals surface area contributed by atoms with Crippen molar-refractivity contribution < 1.29 is 4.79 Å². The largest absolute Gasteiger partial charge is 0.300 e. The van der Waals surface area contributed by atoms with Gasteiger partial charge in [0.2, 0.25) is 11.0 Å². The molecule has 1 amide bonds. The topological polar surface area (TPSA) is 54.9 Å². The maximum absolute atomic E-state index is 12.3. The van der Waals surface area contributed by atoms with E-state index < -0.39 is 0 Å². The van der Waals surface area contributed by atoms with E-state index in [0.717, 1.165) is 21.9 Å². The van der Waals surface area contributed by atoms with Crippen LogP contribution >= 0.6 is 23.1 Å². The van der Waals surface area contributed by atoms with E-state index in [9.17, 15) is 4.79 Å². The van der Waals surface area contributed by atoms with Gasteiger partial charge in [-0.15, -0.1) is 10.2 Å². The molecule has 4 nitrogen and oxygen atoms in total. The molecular weight excluding hydrogens is 350 g/mol. The van der Waals surface area contributed by atoms with Crippen LogP contribution in [0.5, 0.6) is 0 Å². The second-order valence-corrected chi connectivity index (χ2v) is 9.53. The number of rotatable bonds is 6. The summed E-state index contributed by atoms with van der Waals surface area (Å²) in [6.07, 6.45) is 5.93. The minimum Gasteiger partial charge on any atom is -0.300 e. The predicted molar refractivity (Wildman–Crippen MR) is 103 cm³/mol. The lowest BCUT2D eigenvalue weighted by Crippen LogP contribution is -2.20. The number of thioether (sulfide) groups is 1. The van der Waals surface area contributed by atoms with E-state index in [4.69, 9.17) is 0 Å². The highest BCUT2D eigenvalue weighted by atomic mass is 32.2. The molecule has 2 aliphatic rings. The van der Waals surface area contributed by atoms with Crippen molar-refractivity contribution in [2.24, 2.45) is 17.8 Å². The van der Waals surface area contributed by atoms with E-state index in [1.807, 2.05) is 0 Å². The van der Waals surface area contributed by atoms with Gasteiger partial charge in [0.05, 0.1) is 0 Å². The van der Waals surface area contributed by atoms with Gasteiger partial charge in [0, 0.05) is 12.2 Å². The Kier molecular flexibility index (Phi) is 5.08. The minimum absolute atomic E-state index is 0.101. The predicted octanol–water partition coefficient (Wildman–Crippen LogP) is 4.90. The SMILES string of the molecule is Cc1ccc(CSc2nnc(NC(=O)C[C@@H]3C[C@H]4CC[C@@H]3C4)s2)cc1. The lowest BCUT2D eigenvalue weighted by molar-refractivity contribution is -0.117. The second-order valence-electron chi connectivity index (χ2n) is 7.33. The molecule has 0 aliphatic heterocycles. The molecule has 2 saturated carbocycles. The number of fused-ring (bicyclic) bond motifs is 2. The summed E-state index contributed by atoms with van der Waals surface area (Å²) in [6.45, 7) is 2.09. The van der Waals surface area contributed by atoms with Crippen LogP contribution in [-0.4, -0.2) is 16.1 Å². The molecule has 2 aliphatic carbocycles. The number of amides is 1. The summed E-state index contributed by atoms with van der Waals surface area (Å²) in [5.41, 5.74) is 2.54. The number of nitrogens with one attached hydrogen (secondary N) is 1. The highest BCUT2D eigenvalue weighted by molar-refractivity contribution is 8.00. The molecule has 1 N–H and O–H groups in total.